The van der Waals surface area contributed by atoms with Gasteiger partial charge in [-0.15, -0.1) is 0 Å². The number of carbonyl (C=O) groups is 2. The van der Waals surface area contributed by atoms with Gasteiger partial charge in [0.25, 0.3) is 5.91 Å². The highest BCUT2D eigenvalue weighted by Gasteiger charge is 2.29. The van der Waals surface area contributed by atoms with E-state index in [-0.39, 0.29) is 17.9 Å². The summed E-state index contributed by atoms with van der Waals surface area (Å²) in [5, 5.41) is 2.88. The maximum absolute atomic E-state index is 12.2. The fraction of sp³-hybridized carbons (Fsp3) is 0.556. The summed E-state index contributed by atoms with van der Waals surface area (Å²) in [4.78, 5) is 26.1. The van der Waals surface area contributed by atoms with Gasteiger partial charge in [-0.25, -0.2) is 0 Å². The zero-order valence-electron chi connectivity index (χ0n) is 14.5. The van der Waals surface area contributed by atoms with Crippen LogP contribution >= 0.6 is 0 Å². The number of amides is 2. The monoisotopic (exact) mass is 333 g/mol. The van der Waals surface area contributed by atoms with Crippen molar-refractivity contribution >= 4 is 11.8 Å². The molecule has 1 aromatic rings. The van der Waals surface area contributed by atoms with Crippen LogP contribution in [0.5, 0.6) is 0 Å². The molecule has 0 unspecified atom stereocenters. The van der Waals surface area contributed by atoms with Crippen molar-refractivity contribution in [3.63, 3.8) is 0 Å². The van der Waals surface area contributed by atoms with Crippen LogP contribution in [0.4, 0.5) is 0 Å². The largest absolute Gasteiger partial charge is 0.364 e. The van der Waals surface area contributed by atoms with Crippen molar-refractivity contribution in [2.45, 2.75) is 45.4 Å². The molecule has 24 heavy (non-hydrogen) atoms. The van der Waals surface area contributed by atoms with Crippen molar-refractivity contribution in [1.82, 2.24) is 10.2 Å². The molecule has 132 valence electrons. The quantitative estimate of drug-likeness (QED) is 0.787. The molecule has 1 aliphatic rings. The Labute approximate surface area is 143 Å². The predicted molar refractivity (Wildman–Crippen MR) is 92.5 cm³/mol. The average Bonchev–Trinajstić information content (AvgIpc) is 3.10. The van der Waals surface area contributed by atoms with Crippen LogP contribution in [-0.2, 0) is 16.1 Å². The van der Waals surface area contributed by atoms with E-state index >= 15 is 0 Å². The fourth-order valence-corrected chi connectivity index (χ4v) is 2.83. The molecule has 1 aromatic carbocycles. The van der Waals surface area contributed by atoms with Crippen molar-refractivity contribution in [1.29, 1.82) is 0 Å². The molecule has 2 atom stereocenters. The Morgan fingerprint density at radius 3 is 2.42 bits per heavy atom. The number of hydrogen-bond acceptors (Lipinski definition) is 4. The smallest absolute Gasteiger partial charge is 0.253 e. The van der Waals surface area contributed by atoms with E-state index in [1.807, 2.05) is 26.0 Å². The van der Waals surface area contributed by atoms with Crippen molar-refractivity contribution in [3.05, 3.63) is 35.4 Å². The van der Waals surface area contributed by atoms with Crippen LogP contribution in [0.25, 0.3) is 0 Å². The van der Waals surface area contributed by atoms with Crippen LogP contribution < -0.4 is 11.1 Å². The van der Waals surface area contributed by atoms with Gasteiger partial charge >= 0.3 is 0 Å². The summed E-state index contributed by atoms with van der Waals surface area (Å²) in [5.41, 5.74) is 7.17. The summed E-state index contributed by atoms with van der Waals surface area (Å²) >= 11 is 0. The summed E-state index contributed by atoms with van der Waals surface area (Å²) in [6, 6.07) is 7.35. The lowest BCUT2D eigenvalue weighted by molar-refractivity contribution is -0.132. The number of nitrogens with one attached hydrogen (secondary N) is 1. The molecule has 0 saturated carbocycles. The number of nitrogens with two attached hydrogens (primary N) is 1. The Morgan fingerprint density at radius 2 is 1.88 bits per heavy atom. The second-order valence-electron chi connectivity index (χ2n) is 5.95. The molecule has 6 nitrogen and oxygen atoms in total. The van der Waals surface area contributed by atoms with Crippen molar-refractivity contribution in [2.75, 3.05) is 19.6 Å². The van der Waals surface area contributed by atoms with Gasteiger partial charge in [0.05, 0.1) is 6.10 Å². The van der Waals surface area contributed by atoms with Gasteiger partial charge in [0.1, 0.15) is 6.10 Å². The molecule has 0 bridgehead atoms. The van der Waals surface area contributed by atoms with Gasteiger partial charge in [-0.1, -0.05) is 12.1 Å². The lowest BCUT2D eigenvalue weighted by Crippen LogP contribution is -2.35. The SMILES string of the molecule is CCN(CC)C(=O)c1ccc(CNC(=O)[C@@H]2CC[C@H](CN)O2)cc1. The lowest BCUT2D eigenvalue weighted by Gasteiger charge is -2.18. The van der Waals surface area contributed by atoms with Crippen molar-refractivity contribution in [2.24, 2.45) is 5.73 Å². The van der Waals surface area contributed by atoms with E-state index in [2.05, 4.69) is 5.32 Å². The first-order valence-corrected chi connectivity index (χ1v) is 8.60. The number of hydrogen-bond donors (Lipinski definition) is 2. The Kier molecular flexibility index (Phi) is 6.75. The van der Waals surface area contributed by atoms with E-state index in [1.165, 1.54) is 0 Å². The Balaban J connectivity index is 1.86. The van der Waals surface area contributed by atoms with Gasteiger partial charge in [0, 0.05) is 31.7 Å². The molecule has 6 heteroatoms. The van der Waals surface area contributed by atoms with Crippen LogP contribution in [0.1, 0.15) is 42.6 Å². The lowest BCUT2D eigenvalue weighted by atomic mass is 10.1. The second-order valence-corrected chi connectivity index (χ2v) is 5.95. The summed E-state index contributed by atoms with van der Waals surface area (Å²) < 4.78 is 5.58. The van der Waals surface area contributed by atoms with Gasteiger partial charge in [0.15, 0.2) is 0 Å². The van der Waals surface area contributed by atoms with E-state index in [0.717, 1.165) is 12.0 Å². The third kappa shape index (κ3) is 4.55. The molecule has 1 fully saturated rings. The second kappa shape index (κ2) is 8.80. The molecule has 2 amide bonds. The summed E-state index contributed by atoms with van der Waals surface area (Å²) in [6.07, 6.45) is 1.13. The van der Waals surface area contributed by atoms with E-state index in [4.69, 9.17) is 10.5 Å². The number of carbonyl (C=O) groups excluding carboxylic acids is 2. The standard InChI is InChI=1S/C18H27N3O3/c1-3-21(4-2)18(23)14-7-5-13(6-8-14)12-20-17(22)16-10-9-15(11-19)24-16/h5-8,15-16H,3-4,9-12,19H2,1-2H3,(H,20,22)/t15-,16+/m1/s1. The molecule has 0 aromatic heterocycles. The molecular formula is C18H27N3O3. The Hall–Kier alpha value is -1.92. The highest BCUT2D eigenvalue weighted by molar-refractivity contribution is 5.94. The first-order chi connectivity index (χ1) is 11.6. The Morgan fingerprint density at radius 1 is 1.21 bits per heavy atom. The van der Waals surface area contributed by atoms with Crippen molar-refractivity contribution < 1.29 is 14.3 Å². The van der Waals surface area contributed by atoms with Crippen LogP contribution in [-0.4, -0.2) is 48.6 Å². The summed E-state index contributed by atoms with van der Waals surface area (Å²) in [6.45, 7) is 6.19. The minimum Gasteiger partial charge on any atom is -0.364 e. The zero-order chi connectivity index (χ0) is 17.5. The number of rotatable bonds is 7. The average molecular weight is 333 g/mol. The van der Waals surface area contributed by atoms with Gasteiger partial charge in [-0.3, -0.25) is 9.59 Å². The van der Waals surface area contributed by atoms with E-state index < -0.39 is 6.10 Å². The van der Waals surface area contributed by atoms with Crippen LogP contribution in [0, 0.1) is 0 Å². The minimum atomic E-state index is -0.401. The molecule has 3 N–H and O–H groups in total. The van der Waals surface area contributed by atoms with Crippen molar-refractivity contribution in [3.8, 4) is 0 Å². The molecule has 2 rings (SSSR count). The third-order valence-corrected chi connectivity index (χ3v) is 4.38. The normalized spacial score (nSPS) is 20.0. The Bertz CT molecular complexity index is 555. The molecule has 0 aliphatic carbocycles. The summed E-state index contributed by atoms with van der Waals surface area (Å²) in [5.74, 6) is -0.0722. The molecule has 1 saturated heterocycles. The predicted octanol–water partition coefficient (Wildman–Crippen LogP) is 1.29. The van der Waals surface area contributed by atoms with Crippen LogP contribution in [0.2, 0.25) is 0 Å². The first-order valence-electron chi connectivity index (χ1n) is 8.60. The van der Waals surface area contributed by atoms with E-state index in [0.29, 0.717) is 38.2 Å². The topological polar surface area (TPSA) is 84.7 Å². The van der Waals surface area contributed by atoms with Crippen LogP contribution in [0.15, 0.2) is 24.3 Å². The number of ether oxygens (including phenoxy) is 1. The third-order valence-electron chi connectivity index (χ3n) is 4.38. The fourth-order valence-electron chi connectivity index (χ4n) is 2.83. The van der Waals surface area contributed by atoms with Gasteiger partial charge in [-0.2, -0.15) is 0 Å². The molecule has 1 aliphatic heterocycles. The minimum absolute atomic E-state index is 0.00822. The van der Waals surface area contributed by atoms with Gasteiger partial charge in [0.2, 0.25) is 5.91 Å². The van der Waals surface area contributed by atoms with E-state index in [1.54, 1.807) is 17.0 Å². The summed E-state index contributed by atoms with van der Waals surface area (Å²) in [7, 11) is 0. The highest BCUT2D eigenvalue weighted by atomic mass is 16.5. The zero-order valence-corrected chi connectivity index (χ0v) is 14.5. The maximum Gasteiger partial charge on any atom is 0.253 e. The first kappa shape index (κ1) is 18.4. The molecule has 0 spiro atoms. The highest BCUT2D eigenvalue weighted by Crippen LogP contribution is 2.19. The van der Waals surface area contributed by atoms with Gasteiger partial charge in [-0.05, 0) is 44.4 Å². The van der Waals surface area contributed by atoms with Crippen LogP contribution in [0.3, 0.4) is 0 Å². The molecule has 1 heterocycles. The maximum atomic E-state index is 12.2. The number of benzene rings is 1. The number of nitrogens with zero attached hydrogens (tertiary/aromatic N) is 1. The molecule has 0 radical (unpaired) electrons. The molecular weight excluding hydrogens is 306 g/mol. The van der Waals surface area contributed by atoms with Gasteiger partial charge < -0.3 is 20.7 Å². The van der Waals surface area contributed by atoms with E-state index in [9.17, 15) is 9.59 Å².